The largest absolute Gasteiger partial charge is 0.488 e. The van der Waals surface area contributed by atoms with Crippen molar-refractivity contribution >= 4 is 12.0 Å². The minimum Gasteiger partial charge on any atom is -0.488 e. The van der Waals surface area contributed by atoms with Crippen LogP contribution in [0.2, 0.25) is 0 Å². The highest BCUT2D eigenvalue weighted by atomic mass is 16.5. The Morgan fingerprint density at radius 1 is 1.13 bits per heavy atom. The van der Waals surface area contributed by atoms with E-state index in [0.29, 0.717) is 6.61 Å². The molecule has 120 valence electrons. The van der Waals surface area contributed by atoms with Crippen molar-refractivity contribution in [1.29, 1.82) is 0 Å². The first-order valence-corrected chi connectivity index (χ1v) is 7.87. The zero-order valence-corrected chi connectivity index (χ0v) is 13.4. The monoisotopic (exact) mass is 310 g/mol. The van der Waals surface area contributed by atoms with Gasteiger partial charge in [-0.2, -0.15) is 0 Å². The maximum Gasteiger partial charge on any atom is 0.307 e. The van der Waals surface area contributed by atoms with E-state index in [0.717, 1.165) is 35.3 Å². The summed E-state index contributed by atoms with van der Waals surface area (Å²) in [4.78, 5) is 10.9. The minimum absolute atomic E-state index is 0.0214. The fourth-order valence-corrected chi connectivity index (χ4v) is 2.26. The number of carboxylic acid groups (broad SMARTS) is 1. The van der Waals surface area contributed by atoms with Crippen LogP contribution in [0.4, 0.5) is 0 Å². The maximum absolute atomic E-state index is 10.9. The van der Waals surface area contributed by atoms with Crippen LogP contribution in [0.1, 0.15) is 36.5 Å². The average molecular weight is 310 g/mol. The fraction of sp³-hybridized carbons (Fsp3) is 0.250. The molecule has 3 heteroatoms. The van der Waals surface area contributed by atoms with Crippen LogP contribution in [0.25, 0.3) is 6.08 Å². The number of benzene rings is 2. The molecule has 0 heterocycles. The van der Waals surface area contributed by atoms with Crippen LogP contribution in [0.5, 0.6) is 5.75 Å². The van der Waals surface area contributed by atoms with Crippen molar-refractivity contribution in [3.8, 4) is 5.75 Å². The van der Waals surface area contributed by atoms with Crippen LogP contribution >= 0.6 is 0 Å². The molecule has 0 aliphatic heterocycles. The lowest BCUT2D eigenvalue weighted by Crippen LogP contribution is -2.02. The lowest BCUT2D eigenvalue weighted by molar-refractivity contribution is -0.136. The minimum atomic E-state index is -0.827. The summed E-state index contributed by atoms with van der Waals surface area (Å²) in [6.45, 7) is 2.62. The van der Waals surface area contributed by atoms with Crippen LogP contribution in [0, 0.1) is 0 Å². The van der Waals surface area contributed by atoms with Gasteiger partial charge in [0.25, 0.3) is 0 Å². The molecule has 2 aromatic rings. The maximum atomic E-state index is 10.9. The topological polar surface area (TPSA) is 46.5 Å². The van der Waals surface area contributed by atoms with Crippen molar-refractivity contribution in [2.75, 3.05) is 0 Å². The number of hydrogen-bond donors (Lipinski definition) is 1. The van der Waals surface area contributed by atoms with Crippen molar-refractivity contribution < 1.29 is 14.6 Å². The van der Waals surface area contributed by atoms with Gasteiger partial charge in [-0.15, -0.1) is 0 Å². The quantitative estimate of drug-likeness (QED) is 0.768. The Labute approximate surface area is 137 Å². The first kappa shape index (κ1) is 16.8. The van der Waals surface area contributed by atoms with Crippen LogP contribution in [-0.4, -0.2) is 11.1 Å². The van der Waals surface area contributed by atoms with E-state index in [1.807, 2.05) is 54.6 Å². The van der Waals surface area contributed by atoms with E-state index in [1.54, 1.807) is 0 Å². The van der Waals surface area contributed by atoms with Gasteiger partial charge in [0.05, 0.1) is 6.42 Å². The van der Waals surface area contributed by atoms with E-state index in [-0.39, 0.29) is 6.42 Å². The molecule has 2 rings (SSSR count). The Balaban J connectivity index is 2.17. The number of unbranched alkanes of at least 4 members (excludes halogenated alkanes) is 1. The Morgan fingerprint density at radius 3 is 2.61 bits per heavy atom. The summed E-state index contributed by atoms with van der Waals surface area (Å²) in [5, 5.41) is 8.94. The van der Waals surface area contributed by atoms with Crippen molar-refractivity contribution in [3.63, 3.8) is 0 Å². The molecule has 0 atom stereocenters. The predicted octanol–water partition coefficient (Wildman–Crippen LogP) is 4.71. The normalized spacial score (nSPS) is 10.8. The SMILES string of the molecule is CCC/C=C/c1cc(CC(=O)O)ccc1OCc1ccccc1. The third kappa shape index (κ3) is 5.62. The highest BCUT2D eigenvalue weighted by Gasteiger charge is 2.06. The van der Waals surface area contributed by atoms with Crippen LogP contribution < -0.4 is 4.74 Å². The van der Waals surface area contributed by atoms with Crippen LogP contribution in [0.15, 0.2) is 54.6 Å². The van der Waals surface area contributed by atoms with Gasteiger partial charge in [-0.25, -0.2) is 0 Å². The zero-order valence-electron chi connectivity index (χ0n) is 13.4. The second-order valence-corrected chi connectivity index (χ2v) is 5.41. The summed E-state index contributed by atoms with van der Waals surface area (Å²) >= 11 is 0. The summed E-state index contributed by atoms with van der Waals surface area (Å²) in [6.07, 6.45) is 6.19. The standard InChI is InChI=1S/C20H22O3/c1-2-3-5-10-18-13-17(14-20(21)22)11-12-19(18)23-15-16-8-6-4-7-9-16/h4-13H,2-3,14-15H2,1H3,(H,21,22)/b10-5+. The third-order valence-corrected chi connectivity index (χ3v) is 3.42. The summed E-state index contributed by atoms with van der Waals surface area (Å²) < 4.78 is 5.92. The molecule has 0 aromatic heterocycles. The molecule has 0 saturated heterocycles. The number of ether oxygens (including phenoxy) is 1. The van der Waals surface area contributed by atoms with Gasteiger partial charge in [-0.1, -0.05) is 61.9 Å². The lowest BCUT2D eigenvalue weighted by atomic mass is 10.1. The van der Waals surface area contributed by atoms with E-state index in [1.165, 1.54) is 0 Å². The number of carbonyl (C=O) groups is 1. The number of rotatable bonds is 8. The van der Waals surface area contributed by atoms with E-state index in [9.17, 15) is 4.79 Å². The molecular formula is C20H22O3. The van der Waals surface area contributed by atoms with E-state index >= 15 is 0 Å². The second-order valence-electron chi connectivity index (χ2n) is 5.41. The summed E-state index contributed by atoms with van der Waals surface area (Å²) in [5.41, 5.74) is 2.81. The number of hydrogen-bond acceptors (Lipinski definition) is 2. The average Bonchev–Trinajstić information content (AvgIpc) is 2.55. The Hall–Kier alpha value is -2.55. The molecular weight excluding hydrogens is 288 g/mol. The van der Waals surface area contributed by atoms with Gasteiger partial charge in [0.1, 0.15) is 12.4 Å². The third-order valence-electron chi connectivity index (χ3n) is 3.42. The molecule has 1 N–H and O–H groups in total. The second kappa shape index (κ2) is 8.79. The number of aliphatic carboxylic acids is 1. The van der Waals surface area contributed by atoms with Gasteiger partial charge in [0, 0.05) is 5.56 Å². The van der Waals surface area contributed by atoms with E-state index < -0.39 is 5.97 Å². The van der Waals surface area contributed by atoms with Crippen LogP contribution in [-0.2, 0) is 17.8 Å². The molecule has 0 spiro atoms. The Bertz CT molecular complexity index is 660. The molecule has 0 bridgehead atoms. The molecule has 0 radical (unpaired) electrons. The van der Waals surface area contributed by atoms with Crippen molar-refractivity contribution in [3.05, 3.63) is 71.3 Å². The molecule has 0 unspecified atom stereocenters. The molecule has 0 amide bonds. The summed E-state index contributed by atoms with van der Waals surface area (Å²) in [5.74, 6) is -0.0539. The van der Waals surface area contributed by atoms with Gasteiger partial charge in [-0.3, -0.25) is 4.79 Å². The van der Waals surface area contributed by atoms with Gasteiger partial charge < -0.3 is 9.84 Å². The molecule has 0 saturated carbocycles. The lowest BCUT2D eigenvalue weighted by Gasteiger charge is -2.11. The molecule has 23 heavy (non-hydrogen) atoms. The van der Waals surface area contributed by atoms with Gasteiger partial charge in [0.15, 0.2) is 0 Å². The number of allylic oxidation sites excluding steroid dienone is 1. The first-order valence-electron chi connectivity index (χ1n) is 7.87. The van der Waals surface area contributed by atoms with Gasteiger partial charge >= 0.3 is 5.97 Å². The van der Waals surface area contributed by atoms with Crippen molar-refractivity contribution in [2.24, 2.45) is 0 Å². The van der Waals surface area contributed by atoms with E-state index in [4.69, 9.17) is 9.84 Å². The summed E-state index contributed by atoms with van der Waals surface area (Å²) in [7, 11) is 0. The van der Waals surface area contributed by atoms with Crippen molar-refractivity contribution in [1.82, 2.24) is 0 Å². The summed E-state index contributed by atoms with van der Waals surface area (Å²) in [6, 6.07) is 15.5. The van der Waals surface area contributed by atoms with Crippen molar-refractivity contribution in [2.45, 2.75) is 32.8 Å². The Kier molecular flexibility index (Phi) is 6.42. The van der Waals surface area contributed by atoms with Gasteiger partial charge in [-0.05, 0) is 29.7 Å². The van der Waals surface area contributed by atoms with E-state index in [2.05, 4.69) is 13.0 Å². The fourth-order valence-electron chi connectivity index (χ4n) is 2.26. The molecule has 0 fully saturated rings. The van der Waals surface area contributed by atoms with Gasteiger partial charge in [0.2, 0.25) is 0 Å². The number of carboxylic acids is 1. The molecule has 0 aliphatic carbocycles. The first-order chi connectivity index (χ1) is 11.2. The molecule has 0 aliphatic rings. The van der Waals surface area contributed by atoms with Crippen LogP contribution in [0.3, 0.4) is 0 Å². The smallest absolute Gasteiger partial charge is 0.307 e. The molecule has 2 aromatic carbocycles. The molecule has 3 nitrogen and oxygen atoms in total. The highest BCUT2D eigenvalue weighted by Crippen LogP contribution is 2.23. The predicted molar refractivity (Wildman–Crippen MR) is 92.5 cm³/mol. The Morgan fingerprint density at radius 2 is 1.91 bits per heavy atom. The zero-order chi connectivity index (χ0) is 16.5. The highest BCUT2D eigenvalue weighted by molar-refractivity contribution is 5.71.